The predicted molar refractivity (Wildman–Crippen MR) is 101 cm³/mol. The van der Waals surface area contributed by atoms with E-state index in [1.807, 2.05) is 25.1 Å². The summed E-state index contributed by atoms with van der Waals surface area (Å²) >= 11 is 0. The number of carbonyl (C=O) groups is 2. The second-order valence-electron chi connectivity index (χ2n) is 7.27. The van der Waals surface area contributed by atoms with Crippen molar-refractivity contribution in [2.75, 3.05) is 6.54 Å². The largest absolute Gasteiger partial charge is 0.356 e. The Morgan fingerprint density at radius 3 is 2.93 bits per heavy atom. The molecule has 1 aliphatic carbocycles. The van der Waals surface area contributed by atoms with Gasteiger partial charge in [-0.2, -0.15) is 0 Å². The molecule has 0 unspecified atom stereocenters. The van der Waals surface area contributed by atoms with Gasteiger partial charge < -0.3 is 10.6 Å². The summed E-state index contributed by atoms with van der Waals surface area (Å²) in [4.78, 5) is 33.5. The first kappa shape index (κ1) is 17.6. The lowest BCUT2D eigenvalue weighted by Crippen LogP contribution is -2.30. The van der Waals surface area contributed by atoms with E-state index in [0.29, 0.717) is 18.5 Å². The SMILES string of the molecule is Cc1nc(CCNC(=O)C[C@@H]2NC(=O)c3ccccc32)nc2c1CCCC2. The summed E-state index contributed by atoms with van der Waals surface area (Å²) in [6.45, 7) is 2.55. The molecule has 2 amide bonds. The maximum absolute atomic E-state index is 12.3. The Hall–Kier alpha value is -2.76. The third-order valence-electron chi connectivity index (χ3n) is 5.38. The highest BCUT2D eigenvalue weighted by Gasteiger charge is 2.29. The summed E-state index contributed by atoms with van der Waals surface area (Å²) in [5, 5.41) is 5.81. The molecular formula is C21H24N4O2. The Bertz CT molecular complexity index is 894. The molecule has 0 spiro atoms. The lowest BCUT2D eigenvalue weighted by Gasteiger charge is -2.17. The van der Waals surface area contributed by atoms with Gasteiger partial charge in [0, 0.05) is 29.9 Å². The Morgan fingerprint density at radius 2 is 2.04 bits per heavy atom. The topological polar surface area (TPSA) is 84.0 Å². The standard InChI is InChI=1S/C21H24N4O2/c1-13-14-6-4-5-9-17(14)24-19(23-13)10-11-22-20(26)12-18-15-7-2-3-8-16(15)21(27)25-18/h2-3,7-8,18H,4-6,9-12H2,1H3,(H,22,26)(H,25,27)/t18-/m0/s1. The van der Waals surface area contributed by atoms with E-state index < -0.39 is 0 Å². The van der Waals surface area contributed by atoms with Gasteiger partial charge in [0.1, 0.15) is 5.82 Å². The van der Waals surface area contributed by atoms with E-state index in [2.05, 4.69) is 15.6 Å². The second kappa shape index (κ2) is 7.47. The molecule has 2 heterocycles. The van der Waals surface area contributed by atoms with Crippen molar-refractivity contribution in [1.29, 1.82) is 0 Å². The van der Waals surface area contributed by atoms with E-state index in [1.165, 1.54) is 24.1 Å². The van der Waals surface area contributed by atoms with Gasteiger partial charge in [-0.25, -0.2) is 9.97 Å². The highest BCUT2D eigenvalue weighted by molar-refractivity contribution is 5.99. The van der Waals surface area contributed by atoms with Gasteiger partial charge in [0.05, 0.1) is 12.5 Å². The first-order valence-electron chi connectivity index (χ1n) is 9.63. The van der Waals surface area contributed by atoms with Crippen molar-refractivity contribution >= 4 is 11.8 Å². The highest BCUT2D eigenvalue weighted by Crippen LogP contribution is 2.27. The van der Waals surface area contributed by atoms with Gasteiger partial charge in [0.15, 0.2) is 0 Å². The summed E-state index contributed by atoms with van der Waals surface area (Å²) < 4.78 is 0. The summed E-state index contributed by atoms with van der Waals surface area (Å²) in [6.07, 6.45) is 5.37. The van der Waals surface area contributed by atoms with Crippen LogP contribution in [0.4, 0.5) is 0 Å². The zero-order valence-electron chi connectivity index (χ0n) is 15.5. The number of aromatic nitrogens is 2. The number of rotatable bonds is 5. The molecule has 1 aromatic carbocycles. The van der Waals surface area contributed by atoms with Crippen molar-refractivity contribution < 1.29 is 9.59 Å². The number of aryl methyl sites for hydroxylation is 2. The first-order valence-corrected chi connectivity index (χ1v) is 9.63. The van der Waals surface area contributed by atoms with Crippen molar-refractivity contribution in [3.63, 3.8) is 0 Å². The number of nitrogens with zero attached hydrogens (tertiary/aromatic N) is 2. The molecule has 6 nitrogen and oxygen atoms in total. The number of amides is 2. The molecule has 140 valence electrons. The van der Waals surface area contributed by atoms with Crippen LogP contribution >= 0.6 is 0 Å². The minimum Gasteiger partial charge on any atom is -0.356 e. The molecule has 0 bridgehead atoms. The number of hydrogen-bond donors (Lipinski definition) is 2. The molecule has 6 heteroatoms. The van der Waals surface area contributed by atoms with Gasteiger partial charge in [-0.1, -0.05) is 18.2 Å². The van der Waals surface area contributed by atoms with Gasteiger partial charge in [-0.05, 0) is 49.8 Å². The molecular weight excluding hydrogens is 340 g/mol. The fourth-order valence-electron chi connectivity index (χ4n) is 4.01. The number of fused-ring (bicyclic) bond motifs is 2. The number of nitrogens with one attached hydrogen (secondary N) is 2. The van der Waals surface area contributed by atoms with Crippen LogP contribution in [0.25, 0.3) is 0 Å². The predicted octanol–water partition coefficient (Wildman–Crippen LogP) is 2.20. The fourth-order valence-corrected chi connectivity index (χ4v) is 4.01. The van der Waals surface area contributed by atoms with Crippen LogP contribution in [0.2, 0.25) is 0 Å². The van der Waals surface area contributed by atoms with Crippen LogP contribution in [-0.4, -0.2) is 28.3 Å². The van der Waals surface area contributed by atoms with Crippen LogP contribution in [-0.2, 0) is 24.1 Å². The van der Waals surface area contributed by atoms with Crippen LogP contribution in [0, 0.1) is 6.92 Å². The van der Waals surface area contributed by atoms with E-state index >= 15 is 0 Å². The normalized spacial score (nSPS) is 17.8. The van der Waals surface area contributed by atoms with Gasteiger partial charge in [0.25, 0.3) is 5.91 Å². The van der Waals surface area contributed by atoms with Crippen molar-refractivity contribution in [3.05, 3.63) is 58.2 Å². The van der Waals surface area contributed by atoms with Crippen LogP contribution in [0.1, 0.15) is 64.0 Å². The second-order valence-corrected chi connectivity index (χ2v) is 7.27. The monoisotopic (exact) mass is 364 g/mol. The molecule has 1 aliphatic heterocycles. The summed E-state index contributed by atoms with van der Waals surface area (Å²) in [7, 11) is 0. The molecule has 4 rings (SSSR count). The van der Waals surface area contributed by atoms with Crippen LogP contribution in [0.5, 0.6) is 0 Å². The van der Waals surface area contributed by atoms with E-state index in [9.17, 15) is 9.59 Å². The molecule has 2 aliphatic rings. The van der Waals surface area contributed by atoms with Gasteiger partial charge in [0.2, 0.25) is 5.91 Å². The molecule has 2 aromatic rings. The third-order valence-corrected chi connectivity index (χ3v) is 5.38. The zero-order chi connectivity index (χ0) is 18.8. The van der Waals surface area contributed by atoms with E-state index in [4.69, 9.17) is 4.98 Å². The fraction of sp³-hybridized carbons (Fsp3) is 0.429. The van der Waals surface area contributed by atoms with Crippen LogP contribution < -0.4 is 10.6 Å². The van der Waals surface area contributed by atoms with E-state index in [0.717, 1.165) is 29.9 Å². The smallest absolute Gasteiger partial charge is 0.252 e. The zero-order valence-corrected chi connectivity index (χ0v) is 15.5. The Kier molecular flexibility index (Phi) is 4.88. The maximum Gasteiger partial charge on any atom is 0.252 e. The molecule has 1 aromatic heterocycles. The molecule has 1 atom stereocenters. The minimum atomic E-state index is -0.254. The van der Waals surface area contributed by atoms with Crippen molar-refractivity contribution in [2.24, 2.45) is 0 Å². The van der Waals surface area contributed by atoms with Gasteiger partial charge in [-0.3, -0.25) is 9.59 Å². The maximum atomic E-state index is 12.3. The molecule has 27 heavy (non-hydrogen) atoms. The highest BCUT2D eigenvalue weighted by atomic mass is 16.2. The Balaban J connectivity index is 1.32. The number of carbonyl (C=O) groups excluding carboxylic acids is 2. The van der Waals surface area contributed by atoms with E-state index in [-0.39, 0.29) is 24.3 Å². The van der Waals surface area contributed by atoms with Crippen LogP contribution in [0.3, 0.4) is 0 Å². The summed E-state index contributed by atoms with van der Waals surface area (Å²) in [5.41, 5.74) is 5.12. The summed E-state index contributed by atoms with van der Waals surface area (Å²) in [6, 6.07) is 7.16. The van der Waals surface area contributed by atoms with Crippen molar-refractivity contribution in [2.45, 2.75) is 51.5 Å². The molecule has 0 radical (unpaired) electrons. The van der Waals surface area contributed by atoms with Gasteiger partial charge >= 0.3 is 0 Å². The Labute approximate surface area is 158 Å². The molecule has 0 fully saturated rings. The lowest BCUT2D eigenvalue weighted by molar-refractivity contribution is -0.121. The van der Waals surface area contributed by atoms with E-state index in [1.54, 1.807) is 6.07 Å². The Morgan fingerprint density at radius 1 is 1.22 bits per heavy atom. The molecule has 2 N–H and O–H groups in total. The first-order chi connectivity index (χ1) is 13.1. The van der Waals surface area contributed by atoms with Gasteiger partial charge in [-0.15, -0.1) is 0 Å². The minimum absolute atomic E-state index is 0.0771. The van der Waals surface area contributed by atoms with Crippen molar-refractivity contribution in [1.82, 2.24) is 20.6 Å². The van der Waals surface area contributed by atoms with Crippen LogP contribution in [0.15, 0.2) is 24.3 Å². The third kappa shape index (κ3) is 3.70. The summed E-state index contributed by atoms with van der Waals surface area (Å²) in [5.74, 6) is 0.612. The number of hydrogen-bond acceptors (Lipinski definition) is 4. The molecule has 0 saturated heterocycles. The quantitative estimate of drug-likeness (QED) is 0.852. The number of benzene rings is 1. The molecule has 0 saturated carbocycles. The average molecular weight is 364 g/mol. The lowest BCUT2D eigenvalue weighted by atomic mass is 9.95. The van der Waals surface area contributed by atoms with Crippen molar-refractivity contribution in [3.8, 4) is 0 Å². The average Bonchev–Trinajstić information content (AvgIpc) is 2.98.